The van der Waals surface area contributed by atoms with Crippen molar-refractivity contribution in [3.05, 3.63) is 106 Å². The van der Waals surface area contributed by atoms with Crippen LogP contribution >= 0.6 is 0 Å². The highest BCUT2D eigenvalue weighted by molar-refractivity contribution is 7.90. The molecule has 2 aromatic heterocycles. The first-order chi connectivity index (χ1) is 26.0. The molecule has 55 heavy (non-hydrogen) atoms. The van der Waals surface area contributed by atoms with Gasteiger partial charge in [0.25, 0.3) is 10.0 Å². The van der Waals surface area contributed by atoms with E-state index in [1.165, 1.54) is 15.1 Å². The van der Waals surface area contributed by atoms with E-state index in [4.69, 9.17) is 9.47 Å². The molecule has 5 aromatic rings. The van der Waals surface area contributed by atoms with Gasteiger partial charge in [0.1, 0.15) is 6.73 Å². The molecule has 3 aromatic carbocycles. The van der Waals surface area contributed by atoms with Gasteiger partial charge in [-0.05, 0) is 90.5 Å². The van der Waals surface area contributed by atoms with Crippen LogP contribution in [0.3, 0.4) is 0 Å². The second kappa shape index (κ2) is 16.3. The van der Waals surface area contributed by atoms with Gasteiger partial charge in [-0.25, -0.2) is 17.1 Å². The van der Waals surface area contributed by atoms with Crippen LogP contribution in [0.15, 0.2) is 71.9 Å². The Morgan fingerprint density at radius 3 is 2.27 bits per heavy atom. The molecule has 1 aliphatic heterocycles. The zero-order valence-corrected chi connectivity index (χ0v) is 36.9. The van der Waals surface area contributed by atoms with Crippen molar-refractivity contribution in [1.29, 1.82) is 5.26 Å². The maximum absolute atomic E-state index is 14.6. The standard InChI is InChI=1S/C43H57N5O4SSi2/c1-10-34-23-32(3)43-42(38(34)27-46-26-35-14-13-33(25-44)24-37(35)41(46)29-51-19-21-54(4,5)6)39(28-48(43)53(49,50)36-15-11-31(2)12-16-36)40-17-18-45-47(40)30-52-20-22-55(7,8)9/h11-18,23-24,28,41H,10,19-22,26-27,29-30H2,1-9H3. The number of nitrogens with zero attached hydrogens (tertiary/aromatic N) is 5. The van der Waals surface area contributed by atoms with E-state index in [1.54, 1.807) is 24.5 Å². The largest absolute Gasteiger partial charge is 0.380 e. The lowest BCUT2D eigenvalue weighted by Crippen LogP contribution is -2.27. The highest BCUT2D eigenvalue weighted by Gasteiger charge is 2.34. The van der Waals surface area contributed by atoms with Crippen molar-refractivity contribution in [2.75, 3.05) is 19.8 Å². The number of nitriles is 1. The van der Waals surface area contributed by atoms with E-state index < -0.39 is 26.2 Å². The van der Waals surface area contributed by atoms with Crippen molar-refractivity contribution in [3.63, 3.8) is 0 Å². The van der Waals surface area contributed by atoms with Crippen molar-refractivity contribution >= 4 is 37.1 Å². The molecule has 0 spiro atoms. The van der Waals surface area contributed by atoms with Gasteiger partial charge in [0.05, 0.1) is 40.4 Å². The number of ether oxygens (including phenoxy) is 2. The normalized spacial score (nSPS) is 15.2. The number of aromatic nitrogens is 3. The minimum absolute atomic E-state index is 0.0573. The summed E-state index contributed by atoms with van der Waals surface area (Å²) in [5.41, 5.74) is 9.37. The Morgan fingerprint density at radius 2 is 1.62 bits per heavy atom. The highest BCUT2D eigenvalue weighted by Crippen LogP contribution is 2.42. The maximum Gasteiger partial charge on any atom is 0.268 e. The Hall–Kier alpha value is -3.84. The van der Waals surface area contributed by atoms with E-state index in [0.29, 0.717) is 44.0 Å². The monoisotopic (exact) mass is 795 g/mol. The van der Waals surface area contributed by atoms with Crippen LogP contribution in [0.1, 0.15) is 51.9 Å². The fourth-order valence-corrected chi connectivity index (χ4v) is 10.4. The van der Waals surface area contributed by atoms with Gasteiger partial charge in [0, 0.05) is 65.8 Å². The Kier molecular flexibility index (Phi) is 12.1. The van der Waals surface area contributed by atoms with E-state index >= 15 is 0 Å². The van der Waals surface area contributed by atoms with Crippen LogP contribution in [-0.4, -0.2) is 63.0 Å². The average Bonchev–Trinajstić information content (AvgIpc) is 3.84. The van der Waals surface area contributed by atoms with Crippen LogP contribution in [0, 0.1) is 25.2 Å². The summed E-state index contributed by atoms with van der Waals surface area (Å²) >= 11 is 0. The summed E-state index contributed by atoms with van der Waals surface area (Å²) in [4.78, 5) is 2.68. The zero-order valence-electron chi connectivity index (χ0n) is 34.1. The molecule has 0 bridgehead atoms. The topological polar surface area (TPSA) is 102 Å². The molecular weight excluding hydrogens is 739 g/mol. The third-order valence-electron chi connectivity index (χ3n) is 10.7. The Bertz CT molecular complexity index is 2310. The molecule has 0 N–H and O–H groups in total. The fraction of sp³-hybridized carbons (Fsp3) is 0.442. The lowest BCUT2D eigenvalue weighted by molar-refractivity contribution is 0.0682. The van der Waals surface area contributed by atoms with Gasteiger partial charge in [-0.2, -0.15) is 10.4 Å². The van der Waals surface area contributed by atoms with Crippen LogP contribution in [0.5, 0.6) is 0 Å². The minimum atomic E-state index is -3.98. The van der Waals surface area contributed by atoms with Gasteiger partial charge in [0.2, 0.25) is 0 Å². The van der Waals surface area contributed by atoms with Crippen LogP contribution in [0.2, 0.25) is 51.4 Å². The van der Waals surface area contributed by atoms with Gasteiger partial charge < -0.3 is 9.47 Å². The Morgan fingerprint density at radius 1 is 0.927 bits per heavy atom. The van der Waals surface area contributed by atoms with Crippen molar-refractivity contribution in [2.45, 2.75) is 109 Å². The average molecular weight is 796 g/mol. The summed E-state index contributed by atoms with van der Waals surface area (Å²) < 4.78 is 45.2. The van der Waals surface area contributed by atoms with Gasteiger partial charge in [0.15, 0.2) is 0 Å². The van der Waals surface area contributed by atoms with E-state index in [-0.39, 0.29) is 17.7 Å². The molecule has 0 radical (unpaired) electrons. The van der Waals surface area contributed by atoms with Crippen molar-refractivity contribution < 1.29 is 17.9 Å². The first-order valence-corrected chi connectivity index (χ1v) is 28.3. The molecule has 1 atom stereocenters. The lowest BCUT2D eigenvalue weighted by atomic mass is 9.94. The summed E-state index contributed by atoms with van der Waals surface area (Å²) in [6.45, 7) is 23.6. The maximum atomic E-state index is 14.6. The molecule has 0 fully saturated rings. The minimum Gasteiger partial charge on any atom is -0.380 e. The van der Waals surface area contributed by atoms with Crippen molar-refractivity contribution in [1.82, 2.24) is 18.7 Å². The van der Waals surface area contributed by atoms with Gasteiger partial charge in [-0.1, -0.05) is 76.0 Å². The first-order valence-electron chi connectivity index (χ1n) is 19.4. The van der Waals surface area contributed by atoms with Crippen molar-refractivity contribution in [2.24, 2.45) is 0 Å². The predicted molar refractivity (Wildman–Crippen MR) is 227 cm³/mol. The first kappa shape index (κ1) is 40.8. The second-order valence-corrected chi connectivity index (χ2v) is 30.5. The number of rotatable bonds is 16. The van der Waals surface area contributed by atoms with Gasteiger partial charge in [-0.15, -0.1) is 0 Å². The predicted octanol–water partition coefficient (Wildman–Crippen LogP) is 9.52. The number of aryl methyl sites for hydroxylation is 3. The van der Waals surface area contributed by atoms with Crippen molar-refractivity contribution in [3.8, 4) is 17.3 Å². The third kappa shape index (κ3) is 9.09. The molecule has 1 unspecified atom stereocenters. The van der Waals surface area contributed by atoms with Gasteiger partial charge in [-0.3, -0.25) is 4.90 Å². The molecule has 292 valence electrons. The molecular formula is C43H57N5O4SSi2. The van der Waals surface area contributed by atoms with E-state index in [0.717, 1.165) is 57.4 Å². The molecule has 6 rings (SSSR count). The molecule has 0 saturated carbocycles. The summed E-state index contributed by atoms with van der Waals surface area (Å²) in [6, 6.07) is 21.6. The Labute approximate surface area is 330 Å². The summed E-state index contributed by atoms with van der Waals surface area (Å²) in [6.07, 6.45) is 4.33. The molecule has 12 heteroatoms. The fourth-order valence-electron chi connectivity index (χ4n) is 7.42. The van der Waals surface area contributed by atoms with E-state index in [1.807, 2.05) is 48.9 Å². The number of fused-ring (bicyclic) bond motifs is 2. The molecule has 9 nitrogen and oxygen atoms in total. The van der Waals surface area contributed by atoms with Crippen LogP contribution < -0.4 is 0 Å². The summed E-state index contributed by atoms with van der Waals surface area (Å²) in [5, 5.41) is 15.4. The van der Waals surface area contributed by atoms with Crippen LogP contribution in [0.4, 0.5) is 0 Å². The lowest BCUT2D eigenvalue weighted by Gasteiger charge is -2.27. The smallest absolute Gasteiger partial charge is 0.268 e. The number of benzene rings is 3. The number of hydrogen-bond acceptors (Lipinski definition) is 7. The second-order valence-electron chi connectivity index (χ2n) is 17.5. The van der Waals surface area contributed by atoms with E-state index in [2.05, 4.69) is 74.4 Å². The third-order valence-corrected chi connectivity index (χ3v) is 15.8. The quantitative estimate of drug-likeness (QED) is 0.0724. The number of hydrogen-bond donors (Lipinski definition) is 0. The summed E-state index contributed by atoms with van der Waals surface area (Å²) in [5.74, 6) is 0. The SMILES string of the molecule is CCc1cc(C)c2c(c(-c3ccnn3COCC[Si](C)(C)C)cn2S(=O)(=O)c2ccc(C)cc2)c1CN1Cc2ccc(C#N)cc2C1COCC[Si](C)(C)C. The molecule has 1 aliphatic rings. The zero-order chi connectivity index (χ0) is 39.7. The highest BCUT2D eigenvalue weighted by atomic mass is 32.2. The van der Waals surface area contributed by atoms with Crippen LogP contribution in [-0.2, 0) is 45.7 Å². The van der Waals surface area contributed by atoms with E-state index in [9.17, 15) is 13.7 Å². The molecule has 0 amide bonds. The molecule has 0 aliphatic carbocycles. The molecule has 3 heterocycles. The Balaban J connectivity index is 1.50. The van der Waals surface area contributed by atoms with Crippen LogP contribution in [0.25, 0.3) is 22.2 Å². The molecule has 0 saturated heterocycles. The van der Waals surface area contributed by atoms with Gasteiger partial charge >= 0.3 is 0 Å². The summed E-state index contributed by atoms with van der Waals surface area (Å²) in [7, 11) is -6.57.